The van der Waals surface area contributed by atoms with Crippen molar-refractivity contribution < 1.29 is 14.7 Å². The molecule has 0 aliphatic carbocycles. The molecule has 2 fully saturated rings. The normalized spacial score (nSPS) is 22.7. The van der Waals surface area contributed by atoms with Gasteiger partial charge in [0, 0.05) is 37.7 Å². The number of carboxylic acid groups (broad SMARTS) is 1. The van der Waals surface area contributed by atoms with Crippen molar-refractivity contribution in [1.29, 1.82) is 0 Å². The first kappa shape index (κ1) is 18.0. The first-order valence-corrected chi connectivity index (χ1v) is 8.98. The topological polar surface area (TPSA) is 64.1 Å². The van der Waals surface area contributed by atoms with Gasteiger partial charge in [0.15, 0.2) is 0 Å². The van der Waals surface area contributed by atoms with Gasteiger partial charge in [0.1, 0.15) is 6.04 Å². The number of aliphatic carboxylic acids is 1. The third-order valence-corrected chi connectivity index (χ3v) is 5.62. The van der Waals surface area contributed by atoms with Crippen molar-refractivity contribution in [1.82, 2.24) is 14.7 Å². The largest absolute Gasteiger partial charge is 0.480 e. The molecule has 0 unspecified atom stereocenters. The van der Waals surface area contributed by atoms with Crippen LogP contribution in [-0.4, -0.2) is 70.6 Å². The maximum atomic E-state index is 12.3. The van der Waals surface area contributed by atoms with E-state index in [0.29, 0.717) is 0 Å². The van der Waals surface area contributed by atoms with Crippen LogP contribution < -0.4 is 0 Å². The Hall–Kier alpha value is -1.79. The van der Waals surface area contributed by atoms with E-state index in [2.05, 4.69) is 11.0 Å². The van der Waals surface area contributed by atoms with Crippen LogP contribution in [-0.2, 0) is 11.3 Å². The van der Waals surface area contributed by atoms with E-state index in [-0.39, 0.29) is 18.6 Å². The van der Waals surface area contributed by atoms with Crippen LogP contribution in [0.3, 0.4) is 0 Å². The number of amides is 2. The third kappa shape index (κ3) is 3.75. The molecule has 0 saturated carbocycles. The minimum absolute atomic E-state index is 0.00162. The molecular formula is C18H24ClN3O3. The number of rotatable bonds is 4. The second-order valence-electron chi connectivity index (χ2n) is 7.02. The number of carbonyl (C=O) groups excluding carboxylic acids is 1. The Morgan fingerprint density at radius 1 is 1.32 bits per heavy atom. The molecule has 25 heavy (non-hydrogen) atoms. The first-order valence-electron chi connectivity index (χ1n) is 8.60. The van der Waals surface area contributed by atoms with Crippen LogP contribution in [0.15, 0.2) is 18.2 Å². The average Bonchev–Trinajstić information content (AvgIpc) is 2.88. The van der Waals surface area contributed by atoms with Crippen LogP contribution in [0.25, 0.3) is 0 Å². The lowest BCUT2D eigenvalue weighted by atomic mass is 10.0. The number of benzene rings is 1. The van der Waals surface area contributed by atoms with Crippen molar-refractivity contribution >= 4 is 23.6 Å². The molecule has 2 aliphatic heterocycles. The smallest absolute Gasteiger partial charge is 0.328 e. The summed E-state index contributed by atoms with van der Waals surface area (Å²) in [5.74, 6) is -0.920. The summed E-state index contributed by atoms with van der Waals surface area (Å²) in [6.07, 6.45) is 1.60. The van der Waals surface area contributed by atoms with Crippen molar-refractivity contribution in [2.75, 3.05) is 26.7 Å². The van der Waals surface area contributed by atoms with Crippen molar-refractivity contribution in [3.63, 3.8) is 0 Å². The summed E-state index contributed by atoms with van der Waals surface area (Å²) in [5.41, 5.74) is 2.30. The zero-order chi connectivity index (χ0) is 18.1. The summed E-state index contributed by atoms with van der Waals surface area (Å²) in [5, 5.41) is 10.2. The Morgan fingerprint density at radius 3 is 2.60 bits per heavy atom. The molecule has 1 N–H and O–H groups in total. The predicted molar refractivity (Wildman–Crippen MR) is 95.8 cm³/mol. The molecule has 1 aromatic carbocycles. The van der Waals surface area contributed by atoms with Crippen LogP contribution in [0.1, 0.15) is 24.0 Å². The van der Waals surface area contributed by atoms with E-state index < -0.39 is 12.0 Å². The van der Waals surface area contributed by atoms with E-state index in [1.54, 1.807) is 11.9 Å². The lowest BCUT2D eigenvalue weighted by molar-refractivity contribution is -0.142. The van der Waals surface area contributed by atoms with Crippen molar-refractivity contribution in [3.05, 3.63) is 34.3 Å². The number of halogens is 1. The highest BCUT2D eigenvalue weighted by Crippen LogP contribution is 2.26. The second-order valence-corrected chi connectivity index (χ2v) is 7.42. The van der Waals surface area contributed by atoms with Gasteiger partial charge in [-0.05, 0) is 37.0 Å². The van der Waals surface area contributed by atoms with Gasteiger partial charge in [-0.25, -0.2) is 9.59 Å². The highest BCUT2D eigenvalue weighted by Gasteiger charge is 2.44. The van der Waals surface area contributed by atoms with Crippen molar-refractivity contribution in [2.24, 2.45) is 0 Å². The van der Waals surface area contributed by atoms with Gasteiger partial charge in [0.2, 0.25) is 0 Å². The van der Waals surface area contributed by atoms with Gasteiger partial charge in [-0.3, -0.25) is 4.90 Å². The molecule has 0 spiro atoms. The third-order valence-electron chi connectivity index (χ3n) is 5.19. The molecule has 0 aromatic heterocycles. The van der Waals surface area contributed by atoms with E-state index >= 15 is 0 Å². The van der Waals surface area contributed by atoms with Crippen LogP contribution >= 0.6 is 11.6 Å². The van der Waals surface area contributed by atoms with E-state index in [0.717, 1.165) is 43.1 Å². The summed E-state index contributed by atoms with van der Waals surface area (Å²) < 4.78 is 0. The van der Waals surface area contributed by atoms with Gasteiger partial charge in [-0.2, -0.15) is 0 Å². The fourth-order valence-electron chi connectivity index (χ4n) is 3.78. The fourth-order valence-corrected chi connectivity index (χ4v) is 3.90. The quantitative estimate of drug-likeness (QED) is 0.890. The van der Waals surface area contributed by atoms with Gasteiger partial charge in [-0.15, -0.1) is 0 Å². The number of hydrogen-bond acceptors (Lipinski definition) is 3. The lowest BCUT2D eigenvalue weighted by Gasteiger charge is -2.37. The molecule has 2 aliphatic rings. The highest BCUT2D eigenvalue weighted by molar-refractivity contribution is 6.31. The number of hydrogen-bond donors (Lipinski definition) is 1. The summed E-state index contributed by atoms with van der Waals surface area (Å²) in [6.45, 7) is 4.82. The van der Waals surface area contributed by atoms with Gasteiger partial charge >= 0.3 is 12.0 Å². The maximum Gasteiger partial charge on any atom is 0.328 e. The lowest BCUT2D eigenvalue weighted by Crippen LogP contribution is -2.51. The molecule has 6 nitrogen and oxygen atoms in total. The summed E-state index contributed by atoms with van der Waals surface area (Å²) >= 11 is 6.08. The second kappa shape index (κ2) is 7.22. The number of likely N-dealkylation sites (tertiary alicyclic amines) is 1. The Balaban J connectivity index is 1.60. The number of carboxylic acids is 1. The number of carbonyl (C=O) groups is 2. The molecular weight excluding hydrogens is 342 g/mol. The maximum absolute atomic E-state index is 12.3. The van der Waals surface area contributed by atoms with Crippen LogP contribution in [0, 0.1) is 6.92 Å². The molecule has 1 aromatic rings. The Kier molecular flexibility index (Phi) is 5.20. The zero-order valence-electron chi connectivity index (χ0n) is 14.6. The molecule has 2 amide bonds. The molecule has 2 saturated heterocycles. The minimum atomic E-state index is -0.920. The average molecular weight is 366 g/mol. The zero-order valence-corrected chi connectivity index (χ0v) is 15.4. The van der Waals surface area contributed by atoms with Gasteiger partial charge in [0.05, 0.1) is 6.54 Å². The van der Waals surface area contributed by atoms with Gasteiger partial charge in [-0.1, -0.05) is 23.7 Å². The highest BCUT2D eigenvalue weighted by atomic mass is 35.5. The van der Waals surface area contributed by atoms with Gasteiger partial charge < -0.3 is 14.9 Å². The molecule has 2 heterocycles. The molecule has 0 radical (unpaired) electrons. The van der Waals surface area contributed by atoms with E-state index in [9.17, 15) is 14.7 Å². The van der Waals surface area contributed by atoms with Gasteiger partial charge in [0.25, 0.3) is 0 Å². The first-order chi connectivity index (χ1) is 11.9. The van der Waals surface area contributed by atoms with Crippen LogP contribution in [0.2, 0.25) is 5.02 Å². The van der Waals surface area contributed by atoms with Crippen molar-refractivity contribution in [3.8, 4) is 0 Å². The van der Waals surface area contributed by atoms with Crippen LogP contribution in [0.5, 0.6) is 0 Å². The number of aryl methyl sites for hydroxylation is 1. The monoisotopic (exact) mass is 365 g/mol. The predicted octanol–water partition coefficient (Wildman–Crippen LogP) is 2.43. The summed E-state index contributed by atoms with van der Waals surface area (Å²) in [6, 6.07) is 5.18. The minimum Gasteiger partial charge on any atom is -0.480 e. The fraction of sp³-hybridized carbons (Fsp3) is 0.556. The molecule has 1 atom stereocenters. The SMILES string of the molecule is Cc1cc(CN2CCC(N3C(=O)N(C)C[C@@H]3C(=O)O)CC2)ccc1Cl. The molecule has 7 heteroatoms. The van der Waals surface area contributed by atoms with Crippen LogP contribution in [0.4, 0.5) is 4.79 Å². The van der Waals surface area contributed by atoms with E-state index in [4.69, 9.17) is 11.6 Å². The van der Waals surface area contributed by atoms with Crippen molar-refractivity contribution in [2.45, 2.75) is 38.4 Å². The van der Waals surface area contributed by atoms with E-state index in [1.807, 2.05) is 19.1 Å². The summed E-state index contributed by atoms with van der Waals surface area (Å²) in [7, 11) is 1.66. The Morgan fingerprint density at radius 2 is 2.00 bits per heavy atom. The molecule has 0 bridgehead atoms. The number of urea groups is 1. The molecule has 3 rings (SSSR count). The standard InChI is InChI=1S/C18H24ClN3O3/c1-12-9-13(3-4-15(12)19)10-21-7-5-14(6-8-21)22-16(17(23)24)11-20(2)18(22)25/h3-4,9,14,16H,5-8,10-11H2,1-2H3,(H,23,24)/t16-/m1/s1. The number of nitrogens with zero attached hydrogens (tertiary/aromatic N) is 3. The number of piperidine rings is 1. The summed E-state index contributed by atoms with van der Waals surface area (Å²) in [4.78, 5) is 29.2. The Labute approximate surface area is 152 Å². The molecule has 136 valence electrons. The van der Waals surface area contributed by atoms with E-state index in [1.165, 1.54) is 10.5 Å². The number of likely N-dealkylation sites (N-methyl/N-ethyl adjacent to an activating group) is 1. The Bertz CT molecular complexity index is 674.